The van der Waals surface area contributed by atoms with Gasteiger partial charge in [0, 0.05) is 36.3 Å². The third kappa shape index (κ3) is 4.83. The minimum Gasteiger partial charge on any atom is -0.505 e. The van der Waals surface area contributed by atoms with Crippen LogP contribution < -0.4 is 5.32 Å². The molecule has 0 aliphatic carbocycles. The molecule has 1 saturated heterocycles. The number of fused-ring (bicyclic) bond motifs is 1. The quantitative estimate of drug-likeness (QED) is 0.428. The summed E-state index contributed by atoms with van der Waals surface area (Å²) in [6.45, 7) is 1.09. The van der Waals surface area contributed by atoms with Crippen LogP contribution >= 0.6 is 0 Å². The number of halogens is 1. The Morgan fingerprint density at radius 3 is 2.53 bits per heavy atom. The number of carbonyl (C=O) groups is 3. The maximum atomic E-state index is 13.3. The minimum atomic E-state index is -0.787. The zero-order chi connectivity index (χ0) is 24.2. The van der Waals surface area contributed by atoms with Gasteiger partial charge >= 0.3 is 5.97 Å². The van der Waals surface area contributed by atoms with Gasteiger partial charge in [0.05, 0.1) is 7.11 Å². The number of phenols is 1. The van der Waals surface area contributed by atoms with Crippen LogP contribution in [-0.4, -0.2) is 59.5 Å². The number of methoxy groups -OCH3 is 1. The molecule has 34 heavy (non-hydrogen) atoms. The molecule has 0 saturated carbocycles. The molecule has 1 aliphatic heterocycles. The van der Waals surface area contributed by atoms with E-state index in [1.165, 1.54) is 25.3 Å². The number of aromatic hydroxyl groups is 1. The summed E-state index contributed by atoms with van der Waals surface area (Å²) in [6.07, 6.45) is 4.00. The molecule has 8 nitrogen and oxygen atoms in total. The van der Waals surface area contributed by atoms with Crippen molar-refractivity contribution in [3.8, 4) is 5.75 Å². The number of likely N-dealkylation sites (tertiary alicyclic amines) is 1. The first kappa shape index (κ1) is 23.2. The lowest BCUT2D eigenvalue weighted by Gasteiger charge is -2.29. The molecule has 2 N–H and O–H groups in total. The van der Waals surface area contributed by atoms with Crippen molar-refractivity contribution < 1.29 is 28.6 Å². The van der Waals surface area contributed by atoms with Crippen LogP contribution in [-0.2, 0) is 16.0 Å². The number of esters is 1. The molecule has 1 fully saturated rings. The van der Waals surface area contributed by atoms with Gasteiger partial charge in [-0.3, -0.25) is 14.6 Å². The lowest BCUT2D eigenvalue weighted by Crippen LogP contribution is -2.44. The van der Waals surface area contributed by atoms with Crippen LogP contribution in [0, 0.1) is 5.82 Å². The molecule has 2 heterocycles. The lowest BCUT2D eigenvalue weighted by molar-refractivity contribution is -0.119. The van der Waals surface area contributed by atoms with Crippen LogP contribution in [0.5, 0.6) is 5.75 Å². The Labute approximate surface area is 195 Å². The molecule has 2 amide bonds. The average molecular weight is 465 g/mol. The molecule has 4 rings (SSSR count). The smallest absolute Gasteiger partial charge is 0.341 e. The van der Waals surface area contributed by atoms with Crippen molar-refractivity contribution in [3.05, 3.63) is 70.7 Å². The molecular weight excluding hydrogens is 441 g/mol. The number of amides is 2. The van der Waals surface area contributed by atoms with Crippen molar-refractivity contribution in [2.24, 2.45) is 0 Å². The number of carbonyl (C=O) groups excluding carboxylic acids is 3. The fourth-order valence-corrected chi connectivity index (χ4v) is 4.12. The van der Waals surface area contributed by atoms with Crippen LogP contribution in [0.2, 0.25) is 0 Å². The molecule has 2 aromatic carbocycles. The SMILES string of the molecule is COC(=O)c1cc(C(=O)NC2CCN(C=O)CC2)c2cc(Cc3ccc(F)cc3)cnc2c1O. The van der Waals surface area contributed by atoms with Crippen molar-refractivity contribution in [3.63, 3.8) is 0 Å². The highest BCUT2D eigenvalue weighted by Gasteiger charge is 2.25. The average Bonchev–Trinajstić information content (AvgIpc) is 2.85. The van der Waals surface area contributed by atoms with Crippen molar-refractivity contribution in [1.29, 1.82) is 0 Å². The minimum absolute atomic E-state index is 0.103. The van der Waals surface area contributed by atoms with Gasteiger partial charge in [0.15, 0.2) is 5.75 Å². The molecule has 9 heteroatoms. The highest BCUT2D eigenvalue weighted by atomic mass is 19.1. The number of pyridine rings is 1. The summed E-state index contributed by atoms with van der Waals surface area (Å²) >= 11 is 0. The highest BCUT2D eigenvalue weighted by molar-refractivity contribution is 6.11. The standard InChI is InChI=1S/C25H24FN3O5/c1-34-25(33)21-12-20(24(32)28-18-6-8-29(14-30)9-7-18)19-11-16(13-27-22(19)23(21)31)10-15-2-4-17(26)5-3-15/h2-5,11-14,18,31H,6-10H2,1H3,(H,28,32). The fraction of sp³-hybridized carbons (Fsp3) is 0.280. The second-order valence-corrected chi connectivity index (χ2v) is 8.24. The molecule has 0 unspecified atom stereocenters. The Balaban J connectivity index is 1.71. The van der Waals surface area contributed by atoms with Gasteiger partial charge in [-0.15, -0.1) is 0 Å². The predicted molar refractivity (Wildman–Crippen MR) is 122 cm³/mol. The number of hydrogen-bond acceptors (Lipinski definition) is 6. The topological polar surface area (TPSA) is 109 Å². The highest BCUT2D eigenvalue weighted by Crippen LogP contribution is 2.32. The number of hydrogen-bond donors (Lipinski definition) is 2. The van der Waals surface area contributed by atoms with Crippen LogP contribution in [0.15, 0.2) is 42.6 Å². The number of aromatic nitrogens is 1. The van der Waals surface area contributed by atoms with Crippen molar-refractivity contribution >= 4 is 29.2 Å². The van der Waals surface area contributed by atoms with Gasteiger partial charge in [0.25, 0.3) is 5.91 Å². The van der Waals surface area contributed by atoms with Crippen molar-refractivity contribution in [1.82, 2.24) is 15.2 Å². The van der Waals surface area contributed by atoms with Crippen molar-refractivity contribution in [2.45, 2.75) is 25.3 Å². The first-order valence-electron chi connectivity index (χ1n) is 10.9. The summed E-state index contributed by atoms with van der Waals surface area (Å²) < 4.78 is 18.0. The summed E-state index contributed by atoms with van der Waals surface area (Å²) in [5.74, 6) is -1.91. The fourth-order valence-electron chi connectivity index (χ4n) is 4.12. The number of nitrogens with zero attached hydrogens (tertiary/aromatic N) is 2. The summed E-state index contributed by atoms with van der Waals surface area (Å²) in [5.41, 5.74) is 1.73. The van der Waals surface area contributed by atoms with Gasteiger partial charge in [-0.25, -0.2) is 9.18 Å². The van der Waals surface area contributed by atoms with E-state index in [2.05, 4.69) is 10.3 Å². The summed E-state index contributed by atoms with van der Waals surface area (Å²) in [5, 5.41) is 14.0. The first-order valence-corrected chi connectivity index (χ1v) is 10.9. The molecule has 0 bridgehead atoms. The van der Waals surface area contributed by atoms with Gasteiger partial charge in [0.1, 0.15) is 16.9 Å². The second-order valence-electron chi connectivity index (χ2n) is 8.24. The van der Waals surface area contributed by atoms with Gasteiger partial charge in [0.2, 0.25) is 6.41 Å². The Morgan fingerprint density at radius 1 is 1.18 bits per heavy atom. The van der Waals surface area contributed by atoms with E-state index in [0.29, 0.717) is 37.7 Å². The normalized spacial score (nSPS) is 14.1. The van der Waals surface area contributed by atoms with E-state index in [0.717, 1.165) is 17.5 Å². The molecule has 0 radical (unpaired) electrons. The first-order chi connectivity index (χ1) is 16.4. The Kier molecular flexibility index (Phi) is 6.72. The maximum Gasteiger partial charge on any atom is 0.341 e. The van der Waals surface area contributed by atoms with E-state index in [1.54, 1.807) is 29.3 Å². The summed E-state index contributed by atoms with van der Waals surface area (Å²) in [7, 11) is 1.19. The van der Waals surface area contributed by atoms with E-state index in [-0.39, 0.29) is 34.3 Å². The maximum absolute atomic E-state index is 13.3. The van der Waals surface area contributed by atoms with Crippen LogP contribution in [0.25, 0.3) is 10.9 Å². The van der Waals surface area contributed by atoms with Crippen LogP contribution in [0.4, 0.5) is 4.39 Å². The number of piperidine rings is 1. The van der Waals surface area contributed by atoms with E-state index in [4.69, 9.17) is 4.74 Å². The number of phenolic OH excluding ortho intramolecular Hbond substituents is 1. The third-order valence-corrected chi connectivity index (χ3v) is 5.99. The van der Waals surface area contributed by atoms with Crippen molar-refractivity contribution in [2.75, 3.05) is 20.2 Å². The number of ether oxygens (including phenoxy) is 1. The van der Waals surface area contributed by atoms with Gasteiger partial charge in [-0.1, -0.05) is 12.1 Å². The largest absolute Gasteiger partial charge is 0.505 e. The zero-order valence-corrected chi connectivity index (χ0v) is 18.6. The Hall–Kier alpha value is -4.01. The Bertz CT molecular complexity index is 1240. The van der Waals surface area contributed by atoms with E-state index in [1.807, 2.05) is 0 Å². The Morgan fingerprint density at radius 2 is 1.88 bits per heavy atom. The molecule has 3 aromatic rings. The lowest BCUT2D eigenvalue weighted by atomic mass is 9.98. The van der Waals surface area contributed by atoms with E-state index in [9.17, 15) is 23.9 Å². The molecule has 0 spiro atoms. The molecule has 1 aromatic heterocycles. The zero-order valence-electron chi connectivity index (χ0n) is 18.6. The molecule has 1 aliphatic rings. The predicted octanol–water partition coefficient (Wildman–Crippen LogP) is 2.81. The molecular formula is C25H24FN3O5. The second kappa shape index (κ2) is 9.86. The molecule has 176 valence electrons. The molecule has 0 atom stereocenters. The third-order valence-electron chi connectivity index (χ3n) is 5.99. The number of benzene rings is 2. The van der Waals surface area contributed by atoms with Crippen LogP contribution in [0.1, 0.15) is 44.7 Å². The van der Waals surface area contributed by atoms with Gasteiger partial charge in [-0.2, -0.15) is 0 Å². The monoisotopic (exact) mass is 465 g/mol. The van der Waals surface area contributed by atoms with Gasteiger partial charge in [-0.05, 0) is 54.7 Å². The van der Waals surface area contributed by atoms with E-state index < -0.39 is 11.9 Å². The number of nitrogens with one attached hydrogen (secondary N) is 1. The summed E-state index contributed by atoms with van der Waals surface area (Å²) in [6, 6.07) is 8.97. The number of rotatable bonds is 6. The van der Waals surface area contributed by atoms with Gasteiger partial charge < -0.3 is 20.1 Å². The summed E-state index contributed by atoms with van der Waals surface area (Å²) in [4.78, 5) is 42.4. The van der Waals surface area contributed by atoms with E-state index >= 15 is 0 Å². The van der Waals surface area contributed by atoms with Crippen LogP contribution in [0.3, 0.4) is 0 Å².